The zero-order valence-corrected chi connectivity index (χ0v) is 14.9. The Morgan fingerprint density at radius 1 is 0.962 bits per heavy atom. The number of hydrogen-bond donors (Lipinski definition) is 3. The third-order valence-electron chi connectivity index (χ3n) is 4.19. The monoisotopic (exact) mass is 356 g/mol. The van der Waals surface area contributed by atoms with Gasteiger partial charge in [0.15, 0.2) is 0 Å². The highest BCUT2D eigenvalue weighted by molar-refractivity contribution is 5.87. The lowest BCUT2D eigenvalue weighted by Crippen LogP contribution is -2.51. The zero-order valence-electron chi connectivity index (χ0n) is 14.9. The molecule has 6 nitrogen and oxygen atoms in total. The molecule has 26 heavy (non-hydrogen) atoms. The first kappa shape index (κ1) is 19.5. The van der Waals surface area contributed by atoms with Gasteiger partial charge in [0.2, 0.25) is 5.91 Å². The van der Waals surface area contributed by atoms with E-state index in [9.17, 15) is 19.8 Å². The molecule has 2 aromatic rings. The van der Waals surface area contributed by atoms with E-state index in [1.807, 2.05) is 30.3 Å². The number of nitrogens with zero attached hydrogens (tertiary/aromatic N) is 1. The predicted octanol–water partition coefficient (Wildman–Crippen LogP) is 1.68. The molecule has 3 N–H and O–H groups in total. The SMILES string of the molecule is CN(C)[C@@H](Cc1ccccc1)C(=O)N[C@@H](Cc1ccc(O)cc1)C(=O)O. The van der Waals surface area contributed by atoms with Crippen molar-refractivity contribution in [3.05, 3.63) is 65.7 Å². The zero-order chi connectivity index (χ0) is 19.1. The second-order valence-electron chi connectivity index (χ2n) is 6.44. The average molecular weight is 356 g/mol. The number of benzene rings is 2. The largest absolute Gasteiger partial charge is 0.508 e. The summed E-state index contributed by atoms with van der Waals surface area (Å²) in [5.74, 6) is -1.31. The summed E-state index contributed by atoms with van der Waals surface area (Å²) in [4.78, 5) is 26.1. The summed E-state index contributed by atoms with van der Waals surface area (Å²) in [6, 6.07) is 14.4. The molecule has 0 spiro atoms. The van der Waals surface area contributed by atoms with Crippen LogP contribution in [0.2, 0.25) is 0 Å². The van der Waals surface area contributed by atoms with Crippen LogP contribution in [-0.4, -0.2) is 53.2 Å². The molecule has 0 radical (unpaired) electrons. The Hall–Kier alpha value is -2.86. The number of phenolic OH excluding ortho intramolecular Hbond substituents is 1. The van der Waals surface area contributed by atoms with Crippen LogP contribution in [-0.2, 0) is 22.4 Å². The standard InChI is InChI=1S/C20H24N2O4/c1-22(2)18(13-14-6-4-3-5-7-14)19(24)21-17(20(25)26)12-15-8-10-16(23)11-9-15/h3-11,17-18,23H,12-13H2,1-2H3,(H,21,24)(H,25,26)/t17-,18-/m0/s1. The van der Waals surface area contributed by atoms with Gasteiger partial charge in [-0.1, -0.05) is 42.5 Å². The first-order valence-corrected chi connectivity index (χ1v) is 8.38. The Labute approximate surface area is 153 Å². The number of carboxylic acid groups (broad SMARTS) is 1. The molecule has 1 amide bonds. The van der Waals surface area contributed by atoms with Crippen molar-refractivity contribution >= 4 is 11.9 Å². The van der Waals surface area contributed by atoms with E-state index < -0.39 is 18.1 Å². The molecule has 0 bridgehead atoms. The van der Waals surface area contributed by atoms with E-state index >= 15 is 0 Å². The van der Waals surface area contributed by atoms with Crippen molar-refractivity contribution in [1.82, 2.24) is 10.2 Å². The number of amides is 1. The van der Waals surface area contributed by atoms with Crippen molar-refractivity contribution in [2.75, 3.05) is 14.1 Å². The summed E-state index contributed by atoms with van der Waals surface area (Å²) < 4.78 is 0. The molecule has 0 saturated carbocycles. The van der Waals surface area contributed by atoms with Crippen LogP contribution in [0.1, 0.15) is 11.1 Å². The fraction of sp³-hybridized carbons (Fsp3) is 0.300. The lowest BCUT2D eigenvalue weighted by atomic mass is 10.0. The first-order valence-electron chi connectivity index (χ1n) is 8.38. The molecule has 6 heteroatoms. The third-order valence-corrected chi connectivity index (χ3v) is 4.19. The number of carbonyl (C=O) groups is 2. The van der Waals surface area contributed by atoms with E-state index in [2.05, 4.69) is 5.32 Å². The van der Waals surface area contributed by atoms with Gasteiger partial charge < -0.3 is 15.5 Å². The number of hydrogen-bond acceptors (Lipinski definition) is 4. The maximum atomic E-state index is 12.7. The topological polar surface area (TPSA) is 89.9 Å². The van der Waals surface area contributed by atoms with Crippen LogP contribution in [0.3, 0.4) is 0 Å². The summed E-state index contributed by atoms with van der Waals surface area (Å²) in [6.45, 7) is 0. The Balaban J connectivity index is 2.08. The molecule has 0 fully saturated rings. The van der Waals surface area contributed by atoms with Gasteiger partial charge in [0, 0.05) is 6.42 Å². The third kappa shape index (κ3) is 5.60. The molecule has 0 aliphatic rings. The van der Waals surface area contributed by atoms with Crippen LogP contribution in [0.4, 0.5) is 0 Å². The lowest BCUT2D eigenvalue weighted by molar-refractivity contribution is -0.142. The first-order chi connectivity index (χ1) is 12.4. The van der Waals surface area contributed by atoms with Crippen LogP contribution < -0.4 is 5.32 Å². The number of phenols is 1. The summed E-state index contributed by atoms with van der Waals surface area (Å²) >= 11 is 0. The highest BCUT2D eigenvalue weighted by Gasteiger charge is 2.27. The van der Waals surface area contributed by atoms with Gasteiger partial charge in [0.1, 0.15) is 11.8 Å². The molecule has 138 valence electrons. The van der Waals surface area contributed by atoms with E-state index in [1.54, 1.807) is 31.1 Å². The van der Waals surface area contributed by atoms with E-state index in [4.69, 9.17) is 0 Å². The number of likely N-dealkylation sites (N-methyl/N-ethyl adjacent to an activating group) is 1. The number of carbonyl (C=O) groups excluding carboxylic acids is 1. The summed E-state index contributed by atoms with van der Waals surface area (Å²) in [7, 11) is 3.59. The van der Waals surface area contributed by atoms with Gasteiger partial charge in [-0.2, -0.15) is 0 Å². The van der Waals surface area contributed by atoms with E-state index in [1.165, 1.54) is 12.1 Å². The fourth-order valence-corrected chi connectivity index (χ4v) is 2.68. The lowest BCUT2D eigenvalue weighted by Gasteiger charge is -2.25. The van der Waals surface area contributed by atoms with E-state index in [-0.39, 0.29) is 18.1 Å². The van der Waals surface area contributed by atoms with Gasteiger partial charge in [0.05, 0.1) is 6.04 Å². The minimum atomic E-state index is -1.09. The molecular weight excluding hydrogens is 332 g/mol. The molecule has 2 atom stereocenters. The van der Waals surface area contributed by atoms with Gasteiger partial charge in [-0.05, 0) is 43.8 Å². The highest BCUT2D eigenvalue weighted by atomic mass is 16.4. The number of nitrogens with one attached hydrogen (secondary N) is 1. The number of rotatable bonds is 8. The average Bonchev–Trinajstić information content (AvgIpc) is 2.61. The van der Waals surface area contributed by atoms with Crippen LogP contribution in [0.5, 0.6) is 5.75 Å². The summed E-state index contributed by atoms with van der Waals surface area (Å²) in [5.41, 5.74) is 1.73. The van der Waals surface area contributed by atoms with Crippen LogP contribution in [0.25, 0.3) is 0 Å². The minimum Gasteiger partial charge on any atom is -0.508 e. The molecule has 0 aliphatic heterocycles. The van der Waals surface area contributed by atoms with Crippen molar-refractivity contribution in [2.24, 2.45) is 0 Å². The van der Waals surface area contributed by atoms with Crippen molar-refractivity contribution in [3.8, 4) is 5.75 Å². The van der Waals surface area contributed by atoms with Crippen LogP contribution in [0, 0.1) is 0 Å². The van der Waals surface area contributed by atoms with Gasteiger partial charge >= 0.3 is 5.97 Å². The minimum absolute atomic E-state index is 0.111. The summed E-state index contributed by atoms with van der Waals surface area (Å²) in [6.07, 6.45) is 0.637. The molecule has 0 aliphatic carbocycles. The van der Waals surface area contributed by atoms with Gasteiger partial charge in [-0.25, -0.2) is 4.79 Å². The van der Waals surface area contributed by atoms with Crippen molar-refractivity contribution in [3.63, 3.8) is 0 Å². The molecule has 0 unspecified atom stereocenters. The Morgan fingerprint density at radius 3 is 2.08 bits per heavy atom. The molecular formula is C20H24N2O4. The number of aromatic hydroxyl groups is 1. The molecule has 2 aromatic carbocycles. The quantitative estimate of drug-likeness (QED) is 0.670. The molecule has 0 heterocycles. The van der Waals surface area contributed by atoms with Gasteiger partial charge in [-0.15, -0.1) is 0 Å². The maximum Gasteiger partial charge on any atom is 0.326 e. The molecule has 0 saturated heterocycles. The Kier molecular flexibility index (Phi) is 6.74. The summed E-state index contributed by atoms with van der Waals surface area (Å²) in [5, 5.41) is 21.4. The smallest absolute Gasteiger partial charge is 0.326 e. The van der Waals surface area contributed by atoms with E-state index in [0.29, 0.717) is 6.42 Å². The Bertz CT molecular complexity index is 729. The van der Waals surface area contributed by atoms with E-state index in [0.717, 1.165) is 11.1 Å². The van der Waals surface area contributed by atoms with Crippen LogP contribution >= 0.6 is 0 Å². The van der Waals surface area contributed by atoms with Crippen molar-refractivity contribution in [2.45, 2.75) is 24.9 Å². The van der Waals surface area contributed by atoms with Crippen molar-refractivity contribution < 1.29 is 19.8 Å². The second kappa shape index (κ2) is 9.01. The normalized spacial score (nSPS) is 13.2. The number of carboxylic acids is 1. The molecule has 0 aromatic heterocycles. The molecule has 2 rings (SSSR count). The predicted molar refractivity (Wildman–Crippen MR) is 99.0 cm³/mol. The second-order valence-corrected chi connectivity index (χ2v) is 6.44. The fourth-order valence-electron chi connectivity index (χ4n) is 2.68. The number of aliphatic carboxylic acids is 1. The Morgan fingerprint density at radius 2 is 1.54 bits per heavy atom. The van der Waals surface area contributed by atoms with Gasteiger partial charge in [-0.3, -0.25) is 9.69 Å². The maximum absolute atomic E-state index is 12.7. The van der Waals surface area contributed by atoms with Crippen molar-refractivity contribution in [1.29, 1.82) is 0 Å². The van der Waals surface area contributed by atoms with Crippen LogP contribution in [0.15, 0.2) is 54.6 Å². The highest BCUT2D eigenvalue weighted by Crippen LogP contribution is 2.12. The van der Waals surface area contributed by atoms with Gasteiger partial charge in [0.25, 0.3) is 0 Å².